The van der Waals surface area contributed by atoms with E-state index in [0.29, 0.717) is 11.5 Å². The summed E-state index contributed by atoms with van der Waals surface area (Å²) in [5.74, 6) is 2.17. The van der Waals surface area contributed by atoms with Crippen LogP contribution in [-0.4, -0.2) is 25.2 Å². The number of fused-ring (bicyclic) bond motifs is 1. The van der Waals surface area contributed by atoms with Gasteiger partial charge in [0.1, 0.15) is 17.2 Å². The molecule has 34 heavy (non-hydrogen) atoms. The zero-order valence-corrected chi connectivity index (χ0v) is 19.5. The van der Waals surface area contributed by atoms with Crippen LogP contribution in [0.3, 0.4) is 0 Å². The molecule has 0 spiro atoms. The van der Waals surface area contributed by atoms with E-state index in [1.807, 2.05) is 69.3 Å². The van der Waals surface area contributed by atoms with E-state index in [9.17, 15) is 5.11 Å². The van der Waals surface area contributed by atoms with Crippen LogP contribution < -0.4 is 0 Å². The number of aryl methyl sites for hydroxylation is 3. The molecular formula is C28H26N4O2. The first kappa shape index (κ1) is 20.8. The Balaban J connectivity index is 1.72. The molecule has 1 saturated carbocycles. The summed E-state index contributed by atoms with van der Waals surface area (Å²) in [6.45, 7) is 5.78. The maximum absolute atomic E-state index is 12.7. The van der Waals surface area contributed by atoms with Crippen molar-refractivity contribution in [1.82, 2.24) is 20.1 Å². The summed E-state index contributed by atoms with van der Waals surface area (Å²) in [5, 5.41) is 16.9. The maximum Gasteiger partial charge on any atom is 0.144 e. The summed E-state index contributed by atoms with van der Waals surface area (Å²) in [7, 11) is 0. The van der Waals surface area contributed by atoms with Crippen LogP contribution in [0.4, 0.5) is 0 Å². The van der Waals surface area contributed by atoms with Crippen LogP contribution in [0.5, 0.6) is 0 Å². The molecule has 1 aliphatic carbocycles. The van der Waals surface area contributed by atoms with Gasteiger partial charge < -0.3 is 14.6 Å². The Bertz CT molecular complexity index is 1500. The molecule has 6 rings (SSSR count). The molecule has 0 amide bonds. The van der Waals surface area contributed by atoms with E-state index < -0.39 is 5.60 Å². The van der Waals surface area contributed by atoms with Gasteiger partial charge in [-0.3, -0.25) is 4.98 Å². The number of hydrogen-bond donors (Lipinski definition) is 2. The molecule has 5 aromatic rings. The van der Waals surface area contributed by atoms with Gasteiger partial charge in [0.05, 0.1) is 16.7 Å². The average Bonchev–Trinajstić information content (AvgIpc) is 3.53. The standard InChI is InChI=1S/C28H26N4O2/c1-16-22(10-7-13-29-16)28(33,21-8-5-4-6-9-21)23-14-20(25-17(2)32-34-18(25)3)15-24-26(23)31-27(30-24)19-11-12-19/h4-10,13-15,19,33H,11-12H2,1-3H3,(H,30,31). The molecule has 2 aromatic carbocycles. The lowest BCUT2D eigenvalue weighted by Gasteiger charge is -2.31. The maximum atomic E-state index is 12.7. The monoisotopic (exact) mass is 450 g/mol. The van der Waals surface area contributed by atoms with Crippen molar-refractivity contribution in [3.8, 4) is 11.1 Å². The minimum Gasteiger partial charge on any atom is -0.376 e. The summed E-state index contributed by atoms with van der Waals surface area (Å²) in [6.07, 6.45) is 4.02. The largest absolute Gasteiger partial charge is 0.376 e. The zero-order chi connectivity index (χ0) is 23.4. The van der Waals surface area contributed by atoms with E-state index in [0.717, 1.165) is 69.1 Å². The number of pyridine rings is 1. The van der Waals surface area contributed by atoms with Crippen LogP contribution in [0.2, 0.25) is 0 Å². The fraction of sp³-hybridized carbons (Fsp3) is 0.250. The van der Waals surface area contributed by atoms with E-state index in [1.54, 1.807) is 6.20 Å². The number of imidazole rings is 1. The van der Waals surface area contributed by atoms with E-state index in [4.69, 9.17) is 9.51 Å². The first-order valence-corrected chi connectivity index (χ1v) is 11.6. The smallest absolute Gasteiger partial charge is 0.144 e. The topological polar surface area (TPSA) is 87.8 Å². The highest BCUT2D eigenvalue weighted by atomic mass is 16.5. The quantitative estimate of drug-likeness (QED) is 0.359. The van der Waals surface area contributed by atoms with Crippen molar-refractivity contribution < 1.29 is 9.63 Å². The molecule has 1 atom stereocenters. The molecule has 1 aliphatic rings. The lowest BCUT2D eigenvalue weighted by Crippen LogP contribution is -2.30. The van der Waals surface area contributed by atoms with Crippen molar-refractivity contribution in [3.63, 3.8) is 0 Å². The van der Waals surface area contributed by atoms with Gasteiger partial charge in [0.2, 0.25) is 0 Å². The predicted molar refractivity (Wildman–Crippen MR) is 131 cm³/mol. The van der Waals surface area contributed by atoms with Gasteiger partial charge in [-0.15, -0.1) is 0 Å². The zero-order valence-electron chi connectivity index (χ0n) is 19.5. The third-order valence-corrected chi connectivity index (χ3v) is 6.87. The molecule has 0 aliphatic heterocycles. The fourth-order valence-electron chi connectivity index (χ4n) is 5.00. The molecule has 1 unspecified atom stereocenters. The highest BCUT2D eigenvalue weighted by Crippen LogP contribution is 2.45. The highest BCUT2D eigenvalue weighted by Gasteiger charge is 2.39. The Morgan fingerprint density at radius 2 is 1.76 bits per heavy atom. The summed E-state index contributed by atoms with van der Waals surface area (Å²) in [6, 6.07) is 17.7. The van der Waals surface area contributed by atoms with Crippen LogP contribution in [0.15, 0.2) is 65.3 Å². The summed E-state index contributed by atoms with van der Waals surface area (Å²) in [4.78, 5) is 13.1. The summed E-state index contributed by atoms with van der Waals surface area (Å²) in [5.41, 5.74) is 5.86. The number of benzene rings is 2. The predicted octanol–water partition coefficient (Wildman–Crippen LogP) is 5.70. The van der Waals surface area contributed by atoms with Gasteiger partial charge in [-0.25, -0.2) is 4.98 Å². The Morgan fingerprint density at radius 3 is 2.44 bits per heavy atom. The van der Waals surface area contributed by atoms with Gasteiger partial charge in [-0.1, -0.05) is 41.6 Å². The van der Waals surface area contributed by atoms with Crippen molar-refractivity contribution in [3.05, 3.63) is 100 Å². The van der Waals surface area contributed by atoms with Crippen molar-refractivity contribution >= 4 is 11.0 Å². The number of nitrogens with one attached hydrogen (secondary N) is 1. The van der Waals surface area contributed by atoms with Gasteiger partial charge in [-0.05, 0) is 62.9 Å². The van der Waals surface area contributed by atoms with Gasteiger partial charge in [0.15, 0.2) is 0 Å². The van der Waals surface area contributed by atoms with E-state index in [1.165, 1.54) is 0 Å². The second kappa shape index (κ2) is 7.64. The first-order chi connectivity index (χ1) is 16.5. The number of aromatic nitrogens is 4. The molecule has 1 fully saturated rings. The number of H-pyrrole nitrogens is 1. The van der Waals surface area contributed by atoms with E-state index in [2.05, 4.69) is 21.2 Å². The molecular weight excluding hydrogens is 424 g/mol. The Morgan fingerprint density at radius 1 is 0.971 bits per heavy atom. The molecule has 170 valence electrons. The molecule has 0 radical (unpaired) electrons. The SMILES string of the molecule is Cc1ncccc1C(O)(c1ccccc1)c1cc(-c2c(C)noc2C)cc2[nH]c(C3CC3)nc12. The van der Waals surface area contributed by atoms with Crippen molar-refractivity contribution in [2.24, 2.45) is 0 Å². The second-order valence-corrected chi connectivity index (χ2v) is 9.23. The van der Waals surface area contributed by atoms with Crippen molar-refractivity contribution in [2.45, 2.75) is 45.1 Å². The Labute approximate surface area is 197 Å². The van der Waals surface area contributed by atoms with Gasteiger partial charge in [0.25, 0.3) is 0 Å². The molecule has 3 heterocycles. The number of aromatic amines is 1. The molecule has 6 heteroatoms. The molecule has 2 N–H and O–H groups in total. The minimum atomic E-state index is -1.46. The average molecular weight is 451 g/mol. The fourth-order valence-corrected chi connectivity index (χ4v) is 5.00. The van der Waals surface area contributed by atoms with Crippen LogP contribution in [0.1, 0.15) is 58.4 Å². The molecule has 3 aromatic heterocycles. The Kier molecular flexibility index (Phi) is 4.67. The van der Waals surface area contributed by atoms with Crippen LogP contribution in [-0.2, 0) is 5.60 Å². The minimum absolute atomic E-state index is 0.452. The first-order valence-electron chi connectivity index (χ1n) is 11.6. The highest BCUT2D eigenvalue weighted by molar-refractivity contribution is 5.88. The lowest BCUT2D eigenvalue weighted by atomic mass is 9.78. The van der Waals surface area contributed by atoms with Crippen molar-refractivity contribution in [1.29, 1.82) is 0 Å². The van der Waals surface area contributed by atoms with Gasteiger partial charge in [0, 0.05) is 34.5 Å². The molecule has 0 bridgehead atoms. The summed E-state index contributed by atoms with van der Waals surface area (Å²) < 4.78 is 5.48. The number of aliphatic hydroxyl groups is 1. The van der Waals surface area contributed by atoms with Gasteiger partial charge in [-0.2, -0.15) is 0 Å². The van der Waals surface area contributed by atoms with E-state index in [-0.39, 0.29) is 0 Å². The number of hydrogen-bond acceptors (Lipinski definition) is 5. The number of nitrogens with zero attached hydrogens (tertiary/aromatic N) is 3. The van der Waals surface area contributed by atoms with E-state index >= 15 is 0 Å². The van der Waals surface area contributed by atoms with Crippen LogP contribution in [0, 0.1) is 20.8 Å². The third-order valence-electron chi connectivity index (χ3n) is 6.87. The normalized spacial score (nSPS) is 15.5. The Hall–Kier alpha value is -3.77. The second-order valence-electron chi connectivity index (χ2n) is 9.23. The van der Waals surface area contributed by atoms with Crippen molar-refractivity contribution in [2.75, 3.05) is 0 Å². The van der Waals surface area contributed by atoms with Gasteiger partial charge >= 0.3 is 0 Å². The molecule has 0 saturated heterocycles. The lowest BCUT2D eigenvalue weighted by molar-refractivity contribution is 0.126. The van der Waals surface area contributed by atoms with Crippen LogP contribution in [0.25, 0.3) is 22.2 Å². The molecule has 6 nitrogen and oxygen atoms in total. The third kappa shape index (κ3) is 3.17. The summed E-state index contributed by atoms with van der Waals surface area (Å²) >= 11 is 0. The van der Waals surface area contributed by atoms with Crippen LogP contribution >= 0.6 is 0 Å². The number of rotatable bonds is 5.